The molecule has 0 aromatic heterocycles. The Kier molecular flexibility index (Phi) is 5.21. The summed E-state index contributed by atoms with van der Waals surface area (Å²) in [5.74, 6) is 0.985. The van der Waals surface area contributed by atoms with Gasteiger partial charge >= 0.3 is 0 Å². The number of aromatic hydroxyl groups is 2. The summed E-state index contributed by atoms with van der Waals surface area (Å²) >= 11 is 0. The van der Waals surface area contributed by atoms with E-state index in [1.54, 1.807) is 18.1 Å². The number of carbonyl (C=O) groups is 1. The van der Waals surface area contributed by atoms with Crippen LogP contribution in [0.25, 0.3) is 0 Å². The summed E-state index contributed by atoms with van der Waals surface area (Å²) < 4.78 is 5.17. The van der Waals surface area contributed by atoms with E-state index in [1.165, 1.54) is 6.07 Å². The molecular formula is C20H23N3O4. The normalized spacial score (nSPS) is 14.1. The molecule has 0 unspecified atom stereocenters. The van der Waals surface area contributed by atoms with Crippen LogP contribution in [0.1, 0.15) is 36.5 Å². The number of nitrogens with one attached hydrogen (secondary N) is 1. The highest BCUT2D eigenvalue weighted by molar-refractivity contribution is 6.05. The number of ether oxygens (including phenoxy) is 1. The van der Waals surface area contributed by atoms with E-state index in [2.05, 4.69) is 10.5 Å². The molecule has 1 heterocycles. The molecule has 0 spiro atoms. The first-order valence-corrected chi connectivity index (χ1v) is 8.69. The second-order valence-electron chi connectivity index (χ2n) is 6.76. The molecule has 3 N–H and O–H groups in total. The van der Waals surface area contributed by atoms with Gasteiger partial charge in [0.1, 0.15) is 23.8 Å². The Balaban J connectivity index is 1.96. The number of methoxy groups -OCH3 is 1. The Morgan fingerprint density at radius 2 is 1.89 bits per heavy atom. The predicted molar refractivity (Wildman–Crippen MR) is 102 cm³/mol. The van der Waals surface area contributed by atoms with Gasteiger partial charge in [0.05, 0.1) is 12.7 Å². The Morgan fingerprint density at radius 3 is 2.52 bits per heavy atom. The average molecular weight is 369 g/mol. The highest BCUT2D eigenvalue weighted by Crippen LogP contribution is 2.33. The van der Waals surface area contributed by atoms with E-state index in [9.17, 15) is 15.0 Å². The number of benzene rings is 2. The predicted octanol–water partition coefficient (Wildman–Crippen LogP) is 2.52. The Hall–Kier alpha value is -3.22. The number of rotatable bonds is 5. The Morgan fingerprint density at radius 1 is 1.19 bits per heavy atom. The first-order chi connectivity index (χ1) is 12.9. The number of hydrogen-bond donors (Lipinski definition) is 3. The van der Waals surface area contributed by atoms with Crippen molar-refractivity contribution >= 4 is 11.7 Å². The molecule has 1 aliphatic heterocycles. The fourth-order valence-corrected chi connectivity index (χ4v) is 3.02. The van der Waals surface area contributed by atoms with Gasteiger partial charge in [-0.3, -0.25) is 4.79 Å². The van der Waals surface area contributed by atoms with E-state index < -0.39 is 0 Å². The van der Waals surface area contributed by atoms with E-state index in [4.69, 9.17) is 4.74 Å². The maximum Gasteiger partial charge on any atom is 0.259 e. The van der Waals surface area contributed by atoms with Crippen LogP contribution in [0.3, 0.4) is 0 Å². The number of phenols is 2. The molecule has 27 heavy (non-hydrogen) atoms. The summed E-state index contributed by atoms with van der Waals surface area (Å²) in [5.41, 5.74) is 4.61. The third-order valence-corrected chi connectivity index (χ3v) is 4.46. The SMILES string of the molecule is COc1ccc(CN2CC(=O)NN=C2c2cc(C(C)C)c(O)cc2O)cc1. The minimum atomic E-state index is -0.227. The Bertz CT molecular complexity index is 876. The number of amides is 1. The molecule has 2 aromatic rings. The van der Waals surface area contributed by atoms with E-state index in [1.807, 2.05) is 38.1 Å². The van der Waals surface area contributed by atoms with E-state index in [0.717, 1.165) is 11.3 Å². The Labute approximate surface area is 157 Å². The molecule has 0 fully saturated rings. The fraction of sp³-hybridized carbons (Fsp3) is 0.300. The smallest absolute Gasteiger partial charge is 0.259 e. The lowest BCUT2D eigenvalue weighted by Gasteiger charge is -2.29. The maximum absolute atomic E-state index is 11.9. The summed E-state index contributed by atoms with van der Waals surface area (Å²) in [6.07, 6.45) is 0. The number of nitrogens with zero attached hydrogens (tertiary/aromatic N) is 2. The zero-order valence-electron chi connectivity index (χ0n) is 15.6. The van der Waals surface area contributed by atoms with Crippen LogP contribution < -0.4 is 10.2 Å². The molecule has 0 atom stereocenters. The molecule has 142 valence electrons. The van der Waals surface area contributed by atoms with Gasteiger partial charge in [-0.1, -0.05) is 26.0 Å². The molecule has 7 nitrogen and oxygen atoms in total. The highest BCUT2D eigenvalue weighted by Gasteiger charge is 2.25. The topological polar surface area (TPSA) is 94.4 Å². The monoisotopic (exact) mass is 369 g/mol. The van der Waals surface area contributed by atoms with E-state index in [-0.39, 0.29) is 29.9 Å². The van der Waals surface area contributed by atoms with Crippen LogP contribution in [0.15, 0.2) is 41.5 Å². The van der Waals surface area contributed by atoms with Crippen LogP contribution in [0.2, 0.25) is 0 Å². The van der Waals surface area contributed by atoms with Gasteiger partial charge < -0.3 is 19.8 Å². The quantitative estimate of drug-likeness (QED) is 0.753. The van der Waals surface area contributed by atoms with Crippen molar-refractivity contribution in [2.45, 2.75) is 26.3 Å². The van der Waals surface area contributed by atoms with Crippen molar-refractivity contribution in [2.24, 2.45) is 5.10 Å². The summed E-state index contributed by atoms with van der Waals surface area (Å²) in [7, 11) is 1.61. The van der Waals surface area contributed by atoms with Crippen molar-refractivity contribution < 1.29 is 19.7 Å². The molecule has 1 aliphatic rings. The molecule has 2 aromatic carbocycles. The largest absolute Gasteiger partial charge is 0.508 e. The third kappa shape index (κ3) is 3.97. The van der Waals surface area contributed by atoms with Gasteiger partial charge in [-0.15, -0.1) is 0 Å². The lowest BCUT2D eigenvalue weighted by molar-refractivity contribution is -0.122. The van der Waals surface area contributed by atoms with Crippen LogP contribution in [0.4, 0.5) is 0 Å². The molecular weight excluding hydrogens is 346 g/mol. The average Bonchev–Trinajstić information content (AvgIpc) is 2.63. The van der Waals surface area contributed by atoms with Crippen molar-refractivity contribution in [1.82, 2.24) is 10.3 Å². The van der Waals surface area contributed by atoms with Gasteiger partial charge in [0.2, 0.25) is 0 Å². The first-order valence-electron chi connectivity index (χ1n) is 8.69. The van der Waals surface area contributed by atoms with Crippen molar-refractivity contribution in [2.75, 3.05) is 13.7 Å². The highest BCUT2D eigenvalue weighted by atomic mass is 16.5. The number of hydrogen-bond acceptors (Lipinski definition) is 6. The molecule has 0 saturated heterocycles. The molecule has 0 radical (unpaired) electrons. The maximum atomic E-state index is 11.9. The molecule has 7 heteroatoms. The lowest BCUT2D eigenvalue weighted by Crippen LogP contribution is -2.45. The van der Waals surface area contributed by atoms with Crippen molar-refractivity contribution in [3.63, 3.8) is 0 Å². The van der Waals surface area contributed by atoms with Gasteiger partial charge in [0.15, 0.2) is 5.84 Å². The van der Waals surface area contributed by atoms with Crippen LogP contribution in [0, 0.1) is 0 Å². The number of amidine groups is 1. The zero-order chi connectivity index (χ0) is 19.6. The molecule has 0 aliphatic carbocycles. The van der Waals surface area contributed by atoms with Crippen LogP contribution in [-0.4, -0.2) is 40.5 Å². The minimum Gasteiger partial charge on any atom is -0.508 e. The number of phenolic OH excluding ortho intramolecular Hbond substituents is 2. The fourth-order valence-electron chi connectivity index (χ4n) is 3.02. The van der Waals surface area contributed by atoms with Gasteiger partial charge in [-0.2, -0.15) is 5.10 Å². The zero-order valence-corrected chi connectivity index (χ0v) is 15.6. The first kappa shape index (κ1) is 18.6. The summed E-state index contributed by atoms with van der Waals surface area (Å²) in [4.78, 5) is 13.7. The third-order valence-electron chi connectivity index (χ3n) is 4.46. The summed E-state index contributed by atoms with van der Waals surface area (Å²) in [5, 5.41) is 24.6. The van der Waals surface area contributed by atoms with Gasteiger partial charge in [-0.05, 0) is 35.2 Å². The van der Waals surface area contributed by atoms with Gasteiger partial charge in [-0.25, -0.2) is 5.43 Å². The summed E-state index contributed by atoms with van der Waals surface area (Å²) in [6, 6.07) is 10.6. The molecule has 3 rings (SSSR count). The van der Waals surface area contributed by atoms with E-state index >= 15 is 0 Å². The standard InChI is InChI=1S/C20H23N3O4/c1-12(2)15-8-16(18(25)9-17(15)24)20-22-21-19(26)11-23(20)10-13-4-6-14(27-3)7-5-13/h4-9,12,24-25H,10-11H2,1-3H3,(H,21,26). The van der Waals surface area contributed by atoms with Crippen molar-refractivity contribution in [3.05, 3.63) is 53.1 Å². The molecule has 1 amide bonds. The lowest BCUT2D eigenvalue weighted by atomic mass is 9.98. The second-order valence-corrected chi connectivity index (χ2v) is 6.76. The molecule has 0 saturated carbocycles. The number of carbonyl (C=O) groups excluding carboxylic acids is 1. The van der Waals surface area contributed by atoms with Crippen molar-refractivity contribution in [1.29, 1.82) is 0 Å². The van der Waals surface area contributed by atoms with Gasteiger partial charge in [0.25, 0.3) is 5.91 Å². The minimum absolute atomic E-state index is 0.0356. The summed E-state index contributed by atoms with van der Waals surface area (Å²) in [6.45, 7) is 4.46. The number of hydrazone groups is 1. The van der Waals surface area contributed by atoms with Crippen LogP contribution in [-0.2, 0) is 11.3 Å². The molecule has 0 bridgehead atoms. The second kappa shape index (κ2) is 7.57. The van der Waals surface area contributed by atoms with Gasteiger partial charge in [0, 0.05) is 12.6 Å². The van der Waals surface area contributed by atoms with E-state index in [0.29, 0.717) is 23.5 Å². The van der Waals surface area contributed by atoms with Crippen LogP contribution in [0.5, 0.6) is 17.2 Å². The van der Waals surface area contributed by atoms with Crippen molar-refractivity contribution in [3.8, 4) is 17.2 Å². The van der Waals surface area contributed by atoms with Crippen LogP contribution >= 0.6 is 0 Å².